The smallest absolute Gasteiger partial charge is 0.246 e. The Morgan fingerprint density at radius 2 is 2.00 bits per heavy atom. The number of carbonyl (C=O) groups excluding carboxylic acids is 1. The highest BCUT2D eigenvalue weighted by atomic mass is 16.5. The third-order valence-corrected chi connectivity index (χ3v) is 2.80. The summed E-state index contributed by atoms with van der Waals surface area (Å²) < 4.78 is 15.4. The highest BCUT2D eigenvalue weighted by Gasteiger charge is 2.10. The highest BCUT2D eigenvalue weighted by molar-refractivity contribution is 5.91. The van der Waals surface area contributed by atoms with Gasteiger partial charge < -0.3 is 18.8 Å². The molecule has 0 atom stereocenters. The second kappa shape index (κ2) is 9.34. The lowest BCUT2D eigenvalue weighted by Crippen LogP contribution is -2.34. The van der Waals surface area contributed by atoms with Crippen molar-refractivity contribution in [3.8, 4) is 0 Å². The van der Waals surface area contributed by atoms with Gasteiger partial charge in [0.1, 0.15) is 11.5 Å². The lowest BCUT2D eigenvalue weighted by atomic mass is 10.3. The summed E-state index contributed by atoms with van der Waals surface area (Å²) in [4.78, 5) is 13.9. The first-order valence-electron chi connectivity index (χ1n) is 6.68. The molecule has 1 aromatic rings. The molecule has 0 aliphatic rings. The first-order valence-corrected chi connectivity index (χ1v) is 6.68. The molecule has 1 aromatic heterocycles. The van der Waals surface area contributed by atoms with Crippen molar-refractivity contribution in [2.24, 2.45) is 0 Å². The van der Waals surface area contributed by atoms with Crippen LogP contribution < -0.4 is 0 Å². The van der Waals surface area contributed by atoms with Gasteiger partial charge in [-0.1, -0.05) is 0 Å². The van der Waals surface area contributed by atoms with Crippen molar-refractivity contribution in [1.29, 1.82) is 0 Å². The summed E-state index contributed by atoms with van der Waals surface area (Å²) in [6.45, 7) is 4.25. The Morgan fingerprint density at radius 1 is 1.25 bits per heavy atom. The average molecular weight is 281 g/mol. The van der Waals surface area contributed by atoms with Crippen LogP contribution in [0.2, 0.25) is 0 Å². The minimum atomic E-state index is -0.0489. The molecule has 0 aromatic carbocycles. The van der Waals surface area contributed by atoms with Crippen LogP contribution in [0.15, 0.2) is 22.6 Å². The largest absolute Gasteiger partial charge is 0.462 e. The van der Waals surface area contributed by atoms with Gasteiger partial charge in [-0.3, -0.25) is 4.79 Å². The summed E-state index contributed by atoms with van der Waals surface area (Å²) in [6, 6.07) is 3.70. The van der Waals surface area contributed by atoms with E-state index in [0.717, 1.165) is 12.2 Å². The minimum absolute atomic E-state index is 0.0489. The Hall–Kier alpha value is -1.59. The maximum atomic E-state index is 12.1. The number of amides is 1. The molecule has 0 aliphatic heterocycles. The van der Waals surface area contributed by atoms with E-state index in [1.165, 1.54) is 6.08 Å². The number of rotatable bonds is 9. The quantitative estimate of drug-likeness (QED) is 0.514. The van der Waals surface area contributed by atoms with Gasteiger partial charge in [0.15, 0.2) is 0 Å². The molecule has 1 heterocycles. The second-order valence-electron chi connectivity index (χ2n) is 4.45. The number of ether oxygens (including phenoxy) is 2. The molecular weight excluding hydrogens is 258 g/mol. The van der Waals surface area contributed by atoms with Gasteiger partial charge in [0.2, 0.25) is 5.91 Å². The minimum Gasteiger partial charge on any atom is -0.462 e. The van der Waals surface area contributed by atoms with Gasteiger partial charge >= 0.3 is 0 Å². The number of carbonyl (C=O) groups is 1. The Morgan fingerprint density at radius 3 is 2.60 bits per heavy atom. The summed E-state index contributed by atoms with van der Waals surface area (Å²) in [7, 11) is 3.28. The molecule has 112 valence electrons. The zero-order chi connectivity index (χ0) is 14.8. The fourth-order valence-electron chi connectivity index (χ4n) is 1.74. The molecule has 5 nitrogen and oxygen atoms in total. The summed E-state index contributed by atoms with van der Waals surface area (Å²) in [5, 5.41) is 0. The third kappa shape index (κ3) is 6.04. The number of furan rings is 1. The van der Waals surface area contributed by atoms with Crippen LogP contribution in [0.5, 0.6) is 0 Å². The van der Waals surface area contributed by atoms with Crippen LogP contribution in [0.3, 0.4) is 0 Å². The summed E-state index contributed by atoms with van der Waals surface area (Å²) in [5.41, 5.74) is 0. The molecule has 0 saturated carbocycles. The van der Waals surface area contributed by atoms with E-state index in [2.05, 4.69) is 0 Å². The van der Waals surface area contributed by atoms with Crippen molar-refractivity contribution in [2.75, 3.05) is 40.5 Å². The normalized spacial score (nSPS) is 11.2. The highest BCUT2D eigenvalue weighted by Crippen LogP contribution is 2.08. The molecule has 1 amide bonds. The van der Waals surface area contributed by atoms with E-state index in [4.69, 9.17) is 13.9 Å². The molecule has 1 rings (SSSR count). The molecule has 0 unspecified atom stereocenters. The molecule has 0 fully saturated rings. The van der Waals surface area contributed by atoms with Crippen LogP contribution in [-0.4, -0.2) is 51.3 Å². The average Bonchev–Trinajstić information content (AvgIpc) is 2.86. The van der Waals surface area contributed by atoms with Gasteiger partial charge in [0.05, 0.1) is 6.61 Å². The molecule has 0 aliphatic carbocycles. The van der Waals surface area contributed by atoms with E-state index in [9.17, 15) is 4.79 Å². The lowest BCUT2D eigenvalue weighted by Gasteiger charge is -2.20. The molecule has 5 heteroatoms. The van der Waals surface area contributed by atoms with Crippen LogP contribution in [-0.2, 0) is 14.3 Å². The number of hydrogen-bond acceptors (Lipinski definition) is 4. The molecule has 20 heavy (non-hydrogen) atoms. The molecule has 0 bridgehead atoms. The monoisotopic (exact) mass is 281 g/mol. The van der Waals surface area contributed by atoms with E-state index < -0.39 is 0 Å². The van der Waals surface area contributed by atoms with Crippen LogP contribution in [0.25, 0.3) is 6.08 Å². The van der Waals surface area contributed by atoms with Gasteiger partial charge in [0.25, 0.3) is 0 Å². The van der Waals surface area contributed by atoms with Crippen LogP contribution in [0.1, 0.15) is 17.9 Å². The summed E-state index contributed by atoms with van der Waals surface area (Å²) in [5.74, 6) is 1.46. The Bertz CT molecular complexity index is 425. The van der Waals surface area contributed by atoms with Crippen molar-refractivity contribution in [2.45, 2.75) is 13.3 Å². The predicted molar refractivity (Wildman–Crippen MR) is 77.4 cm³/mol. The summed E-state index contributed by atoms with van der Waals surface area (Å²) >= 11 is 0. The topological polar surface area (TPSA) is 51.9 Å². The maximum absolute atomic E-state index is 12.1. The van der Waals surface area contributed by atoms with Crippen LogP contribution in [0, 0.1) is 6.92 Å². The fourth-order valence-corrected chi connectivity index (χ4v) is 1.74. The SMILES string of the molecule is COCCCN(CCOC)C(=O)C=Cc1ccc(C)o1. The molecule has 0 saturated heterocycles. The molecule has 0 spiro atoms. The zero-order valence-corrected chi connectivity index (χ0v) is 12.4. The second-order valence-corrected chi connectivity index (χ2v) is 4.45. The molecule has 0 radical (unpaired) electrons. The van der Waals surface area contributed by atoms with Gasteiger partial charge in [-0.15, -0.1) is 0 Å². The van der Waals surface area contributed by atoms with Crippen LogP contribution in [0.4, 0.5) is 0 Å². The third-order valence-electron chi connectivity index (χ3n) is 2.80. The Labute approximate surface area is 120 Å². The maximum Gasteiger partial charge on any atom is 0.246 e. The number of aryl methyl sites for hydroxylation is 1. The van der Waals surface area contributed by atoms with Crippen molar-refractivity contribution >= 4 is 12.0 Å². The predicted octanol–water partition coefficient (Wildman–Crippen LogP) is 2.11. The first kappa shape index (κ1) is 16.5. The number of nitrogens with zero attached hydrogens (tertiary/aromatic N) is 1. The zero-order valence-electron chi connectivity index (χ0n) is 12.4. The van der Waals surface area contributed by atoms with Gasteiger partial charge in [-0.2, -0.15) is 0 Å². The van der Waals surface area contributed by atoms with Crippen molar-refractivity contribution in [3.05, 3.63) is 29.7 Å². The Kier molecular flexibility index (Phi) is 7.69. The van der Waals surface area contributed by atoms with Crippen molar-refractivity contribution < 1.29 is 18.7 Å². The molecule has 0 N–H and O–H groups in total. The van der Waals surface area contributed by atoms with E-state index in [-0.39, 0.29) is 5.91 Å². The van der Waals surface area contributed by atoms with Crippen LogP contribution >= 0.6 is 0 Å². The number of hydrogen-bond donors (Lipinski definition) is 0. The van der Waals surface area contributed by atoms with E-state index in [0.29, 0.717) is 32.1 Å². The standard InChI is InChI=1S/C15H23NO4/c1-13-5-6-14(20-13)7-8-15(17)16(10-12-19-3)9-4-11-18-2/h5-8H,4,9-12H2,1-3H3. The Balaban J connectivity index is 2.54. The number of methoxy groups -OCH3 is 2. The van der Waals surface area contributed by atoms with E-state index >= 15 is 0 Å². The van der Waals surface area contributed by atoms with Gasteiger partial charge in [0, 0.05) is 40.0 Å². The van der Waals surface area contributed by atoms with E-state index in [1.54, 1.807) is 25.2 Å². The van der Waals surface area contributed by atoms with Crippen molar-refractivity contribution in [3.63, 3.8) is 0 Å². The van der Waals surface area contributed by atoms with Gasteiger partial charge in [-0.25, -0.2) is 0 Å². The first-order chi connectivity index (χ1) is 9.67. The lowest BCUT2D eigenvalue weighted by molar-refractivity contribution is -0.126. The summed E-state index contributed by atoms with van der Waals surface area (Å²) in [6.07, 6.45) is 4.02. The van der Waals surface area contributed by atoms with Crippen molar-refractivity contribution in [1.82, 2.24) is 4.90 Å². The van der Waals surface area contributed by atoms with Gasteiger partial charge in [-0.05, 0) is 31.6 Å². The fraction of sp³-hybridized carbons (Fsp3) is 0.533. The molecular formula is C15H23NO4. The van der Waals surface area contributed by atoms with E-state index in [1.807, 2.05) is 19.1 Å².